The summed E-state index contributed by atoms with van der Waals surface area (Å²) in [5.41, 5.74) is 25.4. The SMILES string of the molecule is CCCCCCC1=C(c2cc(CCCC)cc(CCCC)c2)[N+](=[N-])C(c2cc(CCCC)cc(CCCC)c2)=C1CCCC.[CH2-]CCCCCCCCCCCCC.[CH2-]CCCCCCCCCCCCC.[Ni+2]. The van der Waals surface area contributed by atoms with Gasteiger partial charge in [-0.05, 0) is 124 Å². The summed E-state index contributed by atoms with van der Waals surface area (Å²) in [7, 11) is 0. The van der Waals surface area contributed by atoms with E-state index >= 15 is 0 Å². The third kappa shape index (κ3) is 33.7. The van der Waals surface area contributed by atoms with Crippen molar-refractivity contribution in [2.75, 3.05) is 0 Å². The number of allylic oxidation sites excluding steroid dienone is 2. The molecule has 0 saturated heterocycles. The van der Waals surface area contributed by atoms with Gasteiger partial charge in [0.15, 0.2) is 0 Å². The molecule has 3 heteroatoms. The van der Waals surface area contributed by atoms with Crippen LogP contribution in [0.2, 0.25) is 0 Å². The Morgan fingerprint density at radius 3 is 0.767 bits per heavy atom. The summed E-state index contributed by atoms with van der Waals surface area (Å²) in [6, 6.07) is 14.5. The Morgan fingerprint density at radius 1 is 0.288 bits per heavy atom. The number of nitrogens with zero attached hydrogens (tertiary/aromatic N) is 2. The van der Waals surface area contributed by atoms with Crippen molar-refractivity contribution in [3.05, 3.63) is 100 Å². The Hall–Kier alpha value is -1.99. The predicted octanol–water partition coefficient (Wildman–Crippen LogP) is 24.4. The molecule has 1 aliphatic rings. The van der Waals surface area contributed by atoms with Crippen molar-refractivity contribution in [3.8, 4) is 0 Å². The Bertz CT molecular complexity index is 1550. The first kappa shape index (κ1) is 71.0. The molecule has 1 aliphatic heterocycles. The molecule has 0 N–H and O–H groups in total. The molecule has 0 amide bonds. The van der Waals surface area contributed by atoms with Gasteiger partial charge in [-0.1, -0.05) is 260 Å². The average molecular weight is 1050 g/mol. The van der Waals surface area contributed by atoms with Gasteiger partial charge >= 0.3 is 16.5 Å². The Labute approximate surface area is 468 Å². The molecule has 73 heavy (non-hydrogen) atoms. The van der Waals surface area contributed by atoms with Crippen molar-refractivity contribution in [3.63, 3.8) is 0 Å². The van der Waals surface area contributed by atoms with Crippen molar-refractivity contribution in [2.45, 2.75) is 338 Å². The molecular weight excluding hydrogens is 927 g/mol. The zero-order valence-electron chi connectivity index (χ0n) is 50.2. The van der Waals surface area contributed by atoms with Gasteiger partial charge in [0.05, 0.1) is 0 Å². The molecule has 0 atom stereocenters. The molecule has 0 bridgehead atoms. The van der Waals surface area contributed by atoms with E-state index in [1.165, 1.54) is 263 Å². The minimum Gasteiger partial charge on any atom is -0.493 e. The minimum absolute atomic E-state index is 0. The summed E-state index contributed by atoms with van der Waals surface area (Å²) in [6.07, 6.45) is 57.1. The zero-order chi connectivity index (χ0) is 52.7. The van der Waals surface area contributed by atoms with E-state index in [2.05, 4.69) is 106 Å². The van der Waals surface area contributed by atoms with E-state index in [0.29, 0.717) is 0 Å². The maximum Gasteiger partial charge on any atom is 2.00 e. The van der Waals surface area contributed by atoms with Crippen LogP contribution in [0.4, 0.5) is 0 Å². The standard InChI is InChI=1S/C42H64N2.2C14H29.Ni/c1-7-13-19-20-26-40-39(25-18-12-6)41(37-29-33(21-14-8-2)27-34(30-37)22-15-9-3)44(43)42(40)38-31-35(23-16-10-4)28-36(32-38)24-17-11-5;2*1-3-5-7-9-11-13-14-12-10-8-6-4-2;/h27-32H,7-26H2,1-6H3;2*1,3-14H2,2H3;/q;2*-1;+2. The van der Waals surface area contributed by atoms with Gasteiger partial charge in [0.25, 0.3) is 0 Å². The summed E-state index contributed by atoms with van der Waals surface area (Å²) < 4.78 is 1.64. The zero-order valence-corrected chi connectivity index (χ0v) is 51.2. The number of aryl methyl sites for hydroxylation is 4. The topological polar surface area (TPSA) is 25.3 Å². The van der Waals surface area contributed by atoms with Crippen molar-refractivity contribution in [2.24, 2.45) is 0 Å². The maximum absolute atomic E-state index is 12.4. The van der Waals surface area contributed by atoms with E-state index in [4.69, 9.17) is 0 Å². The maximum atomic E-state index is 12.4. The molecule has 2 aromatic rings. The summed E-state index contributed by atoms with van der Waals surface area (Å²) in [4.78, 5) is 0. The normalized spacial score (nSPS) is 12.3. The Morgan fingerprint density at radius 2 is 0.507 bits per heavy atom. The van der Waals surface area contributed by atoms with Crippen LogP contribution in [-0.2, 0) is 42.2 Å². The number of hydrogen-bond donors (Lipinski definition) is 0. The second-order valence-corrected chi connectivity index (χ2v) is 22.1. The smallest absolute Gasteiger partial charge is 0.493 e. The van der Waals surface area contributed by atoms with Crippen LogP contribution in [0, 0.1) is 13.8 Å². The Balaban J connectivity index is 0.00000146. The van der Waals surface area contributed by atoms with Crippen molar-refractivity contribution in [1.29, 1.82) is 0 Å². The number of rotatable bonds is 44. The molecule has 0 fully saturated rings. The third-order valence-electron chi connectivity index (χ3n) is 15.1. The second-order valence-electron chi connectivity index (χ2n) is 22.1. The van der Waals surface area contributed by atoms with Gasteiger partial charge in [-0.2, -0.15) is 12.8 Å². The van der Waals surface area contributed by atoms with Crippen molar-refractivity contribution >= 4 is 11.4 Å². The summed E-state index contributed by atoms with van der Waals surface area (Å²) in [6.45, 7) is 26.0. The largest absolute Gasteiger partial charge is 2.00 e. The van der Waals surface area contributed by atoms with Crippen LogP contribution < -0.4 is 0 Å². The number of benzene rings is 2. The fourth-order valence-corrected chi connectivity index (χ4v) is 10.4. The molecule has 2 aromatic carbocycles. The molecule has 422 valence electrons. The Kier molecular flexibility index (Phi) is 49.4. The first-order chi connectivity index (χ1) is 35.3. The van der Waals surface area contributed by atoms with Crippen molar-refractivity contribution < 1.29 is 21.2 Å². The van der Waals surface area contributed by atoms with Gasteiger partial charge in [-0.15, -0.1) is 0 Å². The van der Waals surface area contributed by atoms with Crippen molar-refractivity contribution in [1.82, 2.24) is 0 Å². The fraction of sp³-hybridized carbons (Fsp3) is 0.743. The molecule has 0 spiro atoms. The van der Waals surface area contributed by atoms with Crippen LogP contribution in [0.5, 0.6) is 0 Å². The summed E-state index contributed by atoms with van der Waals surface area (Å²) >= 11 is 0. The summed E-state index contributed by atoms with van der Waals surface area (Å²) in [5.74, 6) is 0. The van der Waals surface area contributed by atoms with Gasteiger partial charge in [-0.25, -0.2) is 4.70 Å². The average Bonchev–Trinajstić information content (AvgIpc) is 3.67. The number of hydrogen-bond acceptors (Lipinski definition) is 0. The molecule has 0 unspecified atom stereocenters. The van der Waals surface area contributed by atoms with E-state index in [1.807, 2.05) is 0 Å². The van der Waals surface area contributed by atoms with Crippen LogP contribution in [0.1, 0.15) is 346 Å². The van der Waals surface area contributed by atoms with Crippen LogP contribution in [0.15, 0.2) is 47.5 Å². The predicted molar refractivity (Wildman–Crippen MR) is 326 cm³/mol. The van der Waals surface area contributed by atoms with Gasteiger partial charge < -0.3 is 19.4 Å². The van der Waals surface area contributed by atoms with E-state index in [1.54, 1.807) is 4.70 Å². The molecule has 0 radical (unpaired) electrons. The molecular formula is C70H122N2Ni. The van der Waals surface area contributed by atoms with Gasteiger partial charge in [0, 0.05) is 22.3 Å². The fourth-order valence-electron chi connectivity index (χ4n) is 10.4. The number of unbranched alkanes of at least 4 members (excludes halogenated alkanes) is 30. The van der Waals surface area contributed by atoms with Crippen LogP contribution in [-0.4, -0.2) is 4.70 Å². The molecule has 0 aromatic heterocycles. The van der Waals surface area contributed by atoms with Gasteiger partial charge in [-0.3, -0.25) is 0 Å². The monoisotopic (exact) mass is 1050 g/mol. The van der Waals surface area contributed by atoms with Gasteiger partial charge in [0.1, 0.15) is 0 Å². The molecule has 1 heterocycles. The molecule has 3 rings (SSSR count). The van der Waals surface area contributed by atoms with E-state index < -0.39 is 0 Å². The first-order valence-corrected chi connectivity index (χ1v) is 32.1. The first-order valence-electron chi connectivity index (χ1n) is 32.1. The second kappa shape index (κ2) is 50.8. The van der Waals surface area contributed by atoms with E-state index in [0.717, 1.165) is 75.6 Å². The van der Waals surface area contributed by atoms with E-state index in [-0.39, 0.29) is 16.5 Å². The quantitative estimate of drug-likeness (QED) is 0.0274. The third-order valence-corrected chi connectivity index (χ3v) is 15.1. The minimum atomic E-state index is 0. The molecule has 0 aliphatic carbocycles. The molecule has 0 saturated carbocycles. The van der Waals surface area contributed by atoms with Crippen LogP contribution in [0.25, 0.3) is 16.9 Å². The van der Waals surface area contributed by atoms with Gasteiger partial charge in [0.2, 0.25) is 11.4 Å². The van der Waals surface area contributed by atoms with Crippen LogP contribution in [0.3, 0.4) is 0 Å². The summed E-state index contributed by atoms with van der Waals surface area (Å²) in [5, 5.41) is 0. The van der Waals surface area contributed by atoms with E-state index in [9.17, 15) is 5.53 Å². The molecule has 2 nitrogen and oxygen atoms in total. The van der Waals surface area contributed by atoms with Crippen LogP contribution >= 0.6 is 0 Å².